The number of hydrogen-bond acceptors (Lipinski definition) is 5. The number of ether oxygens (including phenoxy) is 1. The summed E-state index contributed by atoms with van der Waals surface area (Å²) in [6.45, 7) is 14.0. The first-order valence-corrected chi connectivity index (χ1v) is 10.5. The second-order valence-corrected chi connectivity index (χ2v) is 7.81. The van der Waals surface area contributed by atoms with Crippen LogP contribution in [0.5, 0.6) is 0 Å². The number of hydrogen-bond donors (Lipinski definition) is 1. The van der Waals surface area contributed by atoms with Gasteiger partial charge in [0.15, 0.2) is 5.65 Å². The fraction of sp³-hybridized carbons (Fsp3) is 0.522. The molecule has 0 spiro atoms. The summed E-state index contributed by atoms with van der Waals surface area (Å²) in [4.78, 5) is 14.8. The van der Waals surface area contributed by atoms with Gasteiger partial charge in [0, 0.05) is 31.1 Å². The van der Waals surface area contributed by atoms with Gasteiger partial charge in [-0.3, -0.25) is 0 Å². The van der Waals surface area contributed by atoms with E-state index in [1.54, 1.807) is 0 Å². The molecule has 0 radical (unpaired) electrons. The Labute approximate surface area is 173 Å². The highest BCUT2D eigenvalue weighted by Crippen LogP contribution is 2.32. The van der Waals surface area contributed by atoms with E-state index in [0.717, 1.165) is 58.2 Å². The SMILES string of the molecule is CCOC[C@@H](CC)n1cc(C)c2nc(-c3ccc(C(C)C)nc3NC)c(C)nc21. The van der Waals surface area contributed by atoms with Crippen LogP contribution in [0.25, 0.3) is 22.4 Å². The van der Waals surface area contributed by atoms with Crippen molar-refractivity contribution in [1.82, 2.24) is 19.5 Å². The van der Waals surface area contributed by atoms with Crippen molar-refractivity contribution in [3.05, 3.63) is 35.3 Å². The topological polar surface area (TPSA) is 64.9 Å². The molecule has 0 aromatic carbocycles. The lowest BCUT2D eigenvalue weighted by atomic mass is 10.1. The van der Waals surface area contributed by atoms with Crippen LogP contribution in [-0.4, -0.2) is 39.8 Å². The molecule has 6 heteroatoms. The van der Waals surface area contributed by atoms with Crippen LogP contribution in [-0.2, 0) is 4.74 Å². The number of rotatable bonds is 8. The summed E-state index contributed by atoms with van der Waals surface area (Å²) in [7, 11) is 1.90. The molecule has 3 aromatic heterocycles. The van der Waals surface area contributed by atoms with Crippen molar-refractivity contribution in [3.63, 3.8) is 0 Å². The summed E-state index contributed by atoms with van der Waals surface area (Å²) < 4.78 is 7.92. The summed E-state index contributed by atoms with van der Waals surface area (Å²) in [5.74, 6) is 1.21. The molecule has 0 aliphatic heterocycles. The molecule has 0 aliphatic carbocycles. The number of nitrogens with one attached hydrogen (secondary N) is 1. The van der Waals surface area contributed by atoms with Crippen LogP contribution < -0.4 is 5.32 Å². The summed E-state index contributed by atoms with van der Waals surface area (Å²) in [6, 6.07) is 4.44. The average Bonchev–Trinajstić information content (AvgIpc) is 3.03. The maximum atomic E-state index is 5.70. The van der Waals surface area contributed by atoms with Crippen molar-refractivity contribution >= 4 is 17.0 Å². The molecular weight excluding hydrogens is 362 g/mol. The zero-order valence-corrected chi connectivity index (χ0v) is 18.7. The highest BCUT2D eigenvalue weighted by molar-refractivity contribution is 5.82. The zero-order chi connectivity index (χ0) is 21.1. The standard InChI is InChI=1S/C23H33N5O/c1-8-17(13-29-9-2)28-12-15(5)20-23(28)25-16(6)21(27-20)18-10-11-19(14(3)4)26-22(18)24-7/h10-12,14,17H,8-9,13H2,1-7H3,(H,24,26)/t17-/m1/s1. The van der Waals surface area contributed by atoms with Gasteiger partial charge in [-0.15, -0.1) is 0 Å². The first kappa shape index (κ1) is 21.2. The minimum absolute atomic E-state index is 0.255. The van der Waals surface area contributed by atoms with Crippen molar-refractivity contribution in [2.75, 3.05) is 25.6 Å². The number of fused-ring (bicyclic) bond motifs is 1. The highest BCUT2D eigenvalue weighted by Gasteiger charge is 2.20. The minimum Gasteiger partial charge on any atom is -0.380 e. The van der Waals surface area contributed by atoms with Crippen LogP contribution in [0.15, 0.2) is 18.3 Å². The molecule has 0 saturated carbocycles. The zero-order valence-electron chi connectivity index (χ0n) is 18.7. The molecule has 0 saturated heterocycles. The molecule has 29 heavy (non-hydrogen) atoms. The van der Waals surface area contributed by atoms with Gasteiger partial charge in [-0.05, 0) is 50.8 Å². The Balaban J connectivity index is 2.13. The minimum atomic E-state index is 0.255. The third-order valence-electron chi connectivity index (χ3n) is 5.38. The van der Waals surface area contributed by atoms with Gasteiger partial charge in [-0.1, -0.05) is 20.8 Å². The molecular formula is C23H33N5O. The van der Waals surface area contributed by atoms with E-state index in [1.165, 1.54) is 0 Å². The maximum Gasteiger partial charge on any atom is 0.159 e. The van der Waals surface area contributed by atoms with Crippen molar-refractivity contribution in [3.8, 4) is 11.3 Å². The monoisotopic (exact) mass is 395 g/mol. The average molecular weight is 396 g/mol. The lowest BCUT2D eigenvalue weighted by molar-refractivity contribution is 0.113. The summed E-state index contributed by atoms with van der Waals surface area (Å²) >= 11 is 0. The quantitative estimate of drug-likeness (QED) is 0.563. The number of aromatic nitrogens is 4. The number of pyridine rings is 1. The molecule has 3 aromatic rings. The van der Waals surface area contributed by atoms with Gasteiger partial charge in [0.2, 0.25) is 0 Å². The largest absolute Gasteiger partial charge is 0.380 e. The first-order valence-electron chi connectivity index (χ1n) is 10.5. The van der Waals surface area contributed by atoms with E-state index in [9.17, 15) is 0 Å². The first-order chi connectivity index (χ1) is 13.9. The van der Waals surface area contributed by atoms with Gasteiger partial charge in [0.05, 0.1) is 24.0 Å². The summed E-state index contributed by atoms with van der Waals surface area (Å²) in [5.41, 5.74) is 6.82. The second kappa shape index (κ2) is 8.91. The Morgan fingerprint density at radius 3 is 2.48 bits per heavy atom. The molecule has 0 amide bonds. The van der Waals surface area contributed by atoms with Gasteiger partial charge in [-0.2, -0.15) is 0 Å². The van der Waals surface area contributed by atoms with Crippen molar-refractivity contribution in [1.29, 1.82) is 0 Å². The second-order valence-electron chi connectivity index (χ2n) is 7.81. The molecule has 0 fully saturated rings. The molecule has 0 aliphatic rings. The highest BCUT2D eigenvalue weighted by atomic mass is 16.5. The number of nitrogens with zero attached hydrogens (tertiary/aromatic N) is 4. The van der Waals surface area contributed by atoms with Crippen molar-refractivity contribution in [2.24, 2.45) is 0 Å². The Hall–Kier alpha value is -2.47. The van der Waals surface area contributed by atoms with E-state index in [0.29, 0.717) is 12.5 Å². The normalized spacial score (nSPS) is 12.7. The molecule has 0 bridgehead atoms. The van der Waals surface area contributed by atoms with Gasteiger partial charge in [0.1, 0.15) is 11.3 Å². The van der Waals surface area contributed by atoms with E-state index in [4.69, 9.17) is 19.7 Å². The molecule has 1 N–H and O–H groups in total. The van der Waals surface area contributed by atoms with Crippen molar-refractivity contribution < 1.29 is 4.74 Å². The summed E-state index contributed by atoms with van der Waals surface area (Å²) in [5, 5.41) is 3.23. The molecule has 1 atom stereocenters. The number of anilines is 1. The van der Waals surface area contributed by atoms with Gasteiger partial charge >= 0.3 is 0 Å². The van der Waals surface area contributed by atoms with Gasteiger partial charge in [0.25, 0.3) is 0 Å². The van der Waals surface area contributed by atoms with Crippen LogP contribution in [0.1, 0.15) is 63.0 Å². The Kier molecular flexibility index (Phi) is 6.52. The lowest BCUT2D eigenvalue weighted by Gasteiger charge is -2.18. The third kappa shape index (κ3) is 4.13. The van der Waals surface area contributed by atoms with Crippen LogP contribution >= 0.6 is 0 Å². The smallest absolute Gasteiger partial charge is 0.159 e. The maximum absolute atomic E-state index is 5.70. The van der Waals surface area contributed by atoms with E-state index >= 15 is 0 Å². The fourth-order valence-electron chi connectivity index (χ4n) is 3.64. The molecule has 0 unspecified atom stereocenters. The Morgan fingerprint density at radius 2 is 1.86 bits per heavy atom. The van der Waals surface area contributed by atoms with Gasteiger partial charge in [-0.25, -0.2) is 15.0 Å². The number of aryl methyl sites for hydroxylation is 2. The van der Waals surface area contributed by atoms with E-state index in [1.807, 2.05) is 20.9 Å². The van der Waals surface area contributed by atoms with E-state index in [-0.39, 0.29) is 6.04 Å². The summed E-state index contributed by atoms with van der Waals surface area (Å²) in [6.07, 6.45) is 3.14. The van der Waals surface area contributed by atoms with Crippen LogP contribution in [0.3, 0.4) is 0 Å². The van der Waals surface area contributed by atoms with Gasteiger partial charge < -0.3 is 14.6 Å². The Morgan fingerprint density at radius 1 is 1.10 bits per heavy atom. The molecule has 6 nitrogen and oxygen atoms in total. The predicted molar refractivity (Wildman–Crippen MR) is 120 cm³/mol. The van der Waals surface area contributed by atoms with Crippen LogP contribution in [0.4, 0.5) is 5.82 Å². The van der Waals surface area contributed by atoms with Crippen LogP contribution in [0, 0.1) is 13.8 Å². The van der Waals surface area contributed by atoms with E-state index in [2.05, 4.69) is 55.9 Å². The third-order valence-corrected chi connectivity index (χ3v) is 5.38. The predicted octanol–water partition coefficient (Wildman–Crippen LogP) is 5.26. The molecule has 156 valence electrons. The lowest BCUT2D eigenvalue weighted by Crippen LogP contribution is -2.15. The Bertz CT molecular complexity index is 993. The van der Waals surface area contributed by atoms with Crippen LogP contribution in [0.2, 0.25) is 0 Å². The van der Waals surface area contributed by atoms with Crippen molar-refractivity contribution in [2.45, 2.75) is 59.9 Å². The molecule has 3 heterocycles. The molecule has 3 rings (SSSR count). The van der Waals surface area contributed by atoms with E-state index < -0.39 is 0 Å². The fourth-order valence-corrected chi connectivity index (χ4v) is 3.64.